The van der Waals surface area contributed by atoms with Gasteiger partial charge < -0.3 is 14.5 Å². The van der Waals surface area contributed by atoms with E-state index >= 15 is 0 Å². The van der Waals surface area contributed by atoms with E-state index in [-0.39, 0.29) is 0 Å². The number of benzene rings is 8. The summed E-state index contributed by atoms with van der Waals surface area (Å²) in [5, 5.41) is 8.78. The summed E-state index contributed by atoms with van der Waals surface area (Å²) >= 11 is 1.93. The van der Waals surface area contributed by atoms with Crippen LogP contribution in [0.15, 0.2) is 186 Å². The van der Waals surface area contributed by atoms with Crippen molar-refractivity contribution in [3.05, 3.63) is 204 Å². The zero-order valence-electron chi connectivity index (χ0n) is 30.3. The quantitative estimate of drug-likeness (QED) is 0.191. The first kappa shape index (κ1) is 30.6. The lowest BCUT2D eigenvalue weighted by Crippen LogP contribution is -2.37. The summed E-state index contributed by atoms with van der Waals surface area (Å²) in [6.45, 7) is 0.849. The molecule has 0 bridgehead atoms. The third kappa shape index (κ3) is 3.79. The molecule has 0 saturated heterocycles. The van der Waals surface area contributed by atoms with Crippen molar-refractivity contribution in [1.82, 2.24) is 9.13 Å². The van der Waals surface area contributed by atoms with Crippen molar-refractivity contribution in [2.45, 2.75) is 15.2 Å². The maximum absolute atomic E-state index is 3.61. The second kappa shape index (κ2) is 11.2. The summed E-state index contributed by atoms with van der Waals surface area (Å²) in [4.78, 5) is 2.64. The highest BCUT2D eigenvalue weighted by Gasteiger charge is 2.50. The van der Waals surface area contributed by atoms with E-state index in [1.165, 1.54) is 104 Å². The second-order valence-corrected chi connectivity index (χ2v) is 16.3. The first-order chi connectivity index (χ1) is 27.8. The normalized spacial score (nSPS) is 16.2. The standard InChI is InChI=1S/C52H33N3S/c1-5-21-43-36(14-1)37-17-10-20-41-50(37)55(43)45-23-7-3-18-39(45)52(41)40-19-4-8-24-47(40)56-51-42(52)29-30-46-48(51)38-15-2-6-22-44(38)54(46)34-27-25-32(26-28-34)35-16-9-12-33-13-11-31-53-49(33)35/h1-30,53H,31H2. The molecule has 0 fully saturated rings. The molecule has 1 unspecified atom stereocenters. The van der Waals surface area contributed by atoms with Crippen LogP contribution in [0, 0.1) is 0 Å². The highest BCUT2D eigenvalue weighted by Crippen LogP contribution is 2.62. The van der Waals surface area contributed by atoms with Crippen molar-refractivity contribution in [1.29, 1.82) is 0 Å². The fraction of sp³-hybridized carbons (Fsp3) is 0.0385. The van der Waals surface area contributed by atoms with Crippen molar-refractivity contribution in [3.8, 4) is 22.5 Å². The molecule has 0 saturated carbocycles. The SMILES string of the molecule is C1=Cc2cccc(-c3ccc(-n4c5ccccc5c5c6c(ccc54)C4(c5ccccc5S6)c5ccccc5-n5c6ccccc6c6cccc4c65)cc3)c2NC1. The molecule has 1 spiro atoms. The lowest BCUT2D eigenvalue weighted by Gasteiger charge is -2.45. The molecule has 262 valence electrons. The number of nitrogens with zero attached hydrogens (tertiary/aromatic N) is 2. The number of para-hydroxylation sites is 5. The highest BCUT2D eigenvalue weighted by molar-refractivity contribution is 7.99. The van der Waals surface area contributed by atoms with E-state index in [1.54, 1.807) is 0 Å². The fourth-order valence-corrected chi connectivity index (χ4v) is 11.7. The number of rotatable bonds is 2. The molecule has 5 heterocycles. The van der Waals surface area contributed by atoms with E-state index in [0.29, 0.717) is 0 Å². The average molecular weight is 732 g/mol. The van der Waals surface area contributed by atoms with Gasteiger partial charge >= 0.3 is 0 Å². The Morgan fingerprint density at radius 1 is 0.518 bits per heavy atom. The van der Waals surface area contributed by atoms with E-state index in [9.17, 15) is 0 Å². The Labute approximate surface area is 328 Å². The third-order valence-electron chi connectivity index (χ3n) is 12.6. The lowest BCUT2D eigenvalue weighted by atomic mass is 9.62. The van der Waals surface area contributed by atoms with Gasteiger partial charge in [0.15, 0.2) is 0 Å². The molecule has 1 N–H and O–H groups in total. The van der Waals surface area contributed by atoms with Gasteiger partial charge in [0, 0.05) is 54.8 Å². The van der Waals surface area contributed by atoms with E-state index in [4.69, 9.17) is 0 Å². The molecule has 0 amide bonds. The molecule has 4 heteroatoms. The molecular formula is C52H33N3S. The third-order valence-corrected chi connectivity index (χ3v) is 13.8. The molecule has 1 atom stereocenters. The maximum Gasteiger partial charge on any atom is 0.0764 e. The summed E-state index contributed by atoms with van der Waals surface area (Å²) in [6, 6.07) is 63.7. The summed E-state index contributed by atoms with van der Waals surface area (Å²) in [7, 11) is 0. The largest absolute Gasteiger partial charge is 0.381 e. The van der Waals surface area contributed by atoms with Gasteiger partial charge in [0.1, 0.15) is 0 Å². The van der Waals surface area contributed by atoms with Gasteiger partial charge in [-0.3, -0.25) is 0 Å². The van der Waals surface area contributed by atoms with Gasteiger partial charge in [0.05, 0.1) is 33.2 Å². The predicted molar refractivity (Wildman–Crippen MR) is 234 cm³/mol. The Hall–Kier alpha value is -6.75. The Kier molecular flexibility index (Phi) is 6.09. The summed E-state index contributed by atoms with van der Waals surface area (Å²) < 4.78 is 4.99. The minimum Gasteiger partial charge on any atom is -0.381 e. The van der Waals surface area contributed by atoms with Crippen molar-refractivity contribution >= 4 is 67.1 Å². The van der Waals surface area contributed by atoms with Gasteiger partial charge in [-0.2, -0.15) is 0 Å². The lowest BCUT2D eigenvalue weighted by molar-refractivity contribution is 0.692. The molecule has 3 nitrogen and oxygen atoms in total. The van der Waals surface area contributed by atoms with Crippen LogP contribution in [0.1, 0.15) is 27.8 Å². The monoisotopic (exact) mass is 731 g/mol. The van der Waals surface area contributed by atoms with Gasteiger partial charge in [0.2, 0.25) is 0 Å². The number of hydrogen-bond donors (Lipinski definition) is 1. The average Bonchev–Trinajstić information content (AvgIpc) is 3.79. The van der Waals surface area contributed by atoms with Gasteiger partial charge in [-0.1, -0.05) is 151 Å². The zero-order valence-corrected chi connectivity index (χ0v) is 31.1. The smallest absolute Gasteiger partial charge is 0.0764 e. The van der Waals surface area contributed by atoms with Gasteiger partial charge in [-0.15, -0.1) is 0 Å². The van der Waals surface area contributed by atoms with E-state index < -0.39 is 5.41 Å². The molecule has 10 aromatic rings. The van der Waals surface area contributed by atoms with Crippen LogP contribution in [0.2, 0.25) is 0 Å². The molecule has 2 aromatic heterocycles. The summed E-state index contributed by atoms with van der Waals surface area (Å²) in [5.41, 5.74) is 17.1. The zero-order chi connectivity index (χ0) is 36.5. The van der Waals surface area contributed by atoms with Crippen molar-refractivity contribution < 1.29 is 0 Å². The van der Waals surface area contributed by atoms with Crippen LogP contribution < -0.4 is 5.32 Å². The molecule has 3 aliphatic heterocycles. The number of aromatic nitrogens is 2. The van der Waals surface area contributed by atoms with E-state index in [2.05, 4.69) is 196 Å². The van der Waals surface area contributed by atoms with Crippen molar-refractivity contribution in [2.75, 3.05) is 11.9 Å². The van der Waals surface area contributed by atoms with Crippen LogP contribution in [0.3, 0.4) is 0 Å². The topological polar surface area (TPSA) is 21.9 Å². The Bertz CT molecular complexity index is 3340. The summed E-state index contributed by atoms with van der Waals surface area (Å²) in [6.07, 6.45) is 4.40. The van der Waals surface area contributed by atoms with Gasteiger partial charge in [-0.05, 0) is 75.8 Å². The molecule has 3 aliphatic rings. The van der Waals surface area contributed by atoms with Crippen LogP contribution >= 0.6 is 11.8 Å². The Morgan fingerprint density at radius 2 is 1.23 bits per heavy atom. The van der Waals surface area contributed by atoms with Crippen molar-refractivity contribution in [2.24, 2.45) is 0 Å². The number of nitrogens with one attached hydrogen (secondary N) is 1. The first-order valence-electron chi connectivity index (χ1n) is 19.4. The molecule has 0 aliphatic carbocycles. The van der Waals surface area contributed by atoms with Crippen molar-refractivity contribution in [3.63, 3.8) is 0 Å². The number of fused-ring (bicyclic) bond motifs is 16. The van der Waals surface area contributed by atoms with Crippen LogP contribution in [0.4, 0.5) is 5.69 Å². The maximum atomic E-state index is 3.61. The second-order valence-electron chi connectivity index (χ2n) is 15.2. The highest BCUT2D eigenvalue weighted by atomic mass is 32.2. The van der Waals surface area contributed by atoms with Crippen LogP contribution in [0.5, 0.6) is 0 Å². The van der Waals surface area contributed by atoms with E-state index in [0.717, 1.165) is 12.2 Å². The molecule has 56 heavy (non-hydrogen) atoms. The Balaban J connectivity index is 1.11. The number of hydrogen-bond acceptors (Lipinski definition) is 2. The van der Waals surface area contributed by atoms with Crippen LogP contribution in [0.25, 0.3) is 72.2 Å². The van der Waals surface area contributed by atoms with Gasteiger partial charge in [-0.25, -0.2) is 0 Å². The summed E-state index contributed by atoms with van der Waals surface area (Å²) in [5.74, 6) is 0. The predicted octanol–water partition coefficient (Wildman–Crippen LogP) is 13.1. The minimum absolute atomic E-state index is 0.519. The van der Waals surface area contributed by atoms with Crippen LogP contribution in [-0.2, 0) is 5.41 Å². The van der Waals surface area contributed by atoms with E-state index in [1.807, 2.05) is 11.8 Å². The molecule has 8 aromatic carbocycles. The number of anilines is 1. The Morgan fingerprint density at radius 3 is 2.12 bits per heavy atom. The minimum atomic E-state index is -0.519. The van der Waals surface area contributed by atoms with Gasteiger partial charge in [0.25, 0.3) is 0 Å². The molecular weight excluding hydrogens is 699 g/mol. The fourth-order valence-electron chi connectivity index (χ4n) is 10.4. The molecule has 0 radical (unpaired) electrons. The first-order valence-corrected chi connectivity index (χ1v) is 20.2. The van der Waals surface area contributed by atoms with Crippen LogP contribution in [-0.4, -0.2) is 15.7 Å². The molecule has 13 rings (SSSR count).